The highest BCUT2D eigenvalue weighted by Gasteiger charge is 2.34. The summed E-state index contributed by atoms with van der Waals surface area (Å²) < 4.78 is 51.3. The van der Waals surface area contributed by atoms with E-state index in [0.717, 1.165) is 29.7 Å². The molecule has 1 fully saturated rings. The molecular weight excluding hydrogens is 441 g/mol. The lowest BCUT2D eigenvalue weighted by molar-refractivity contribution is -0.385. The summed E-state index contributed by atoms with van der Waals surface area (Å²) in [6.45, 7) is 2.82. The molecule has 8 nitrogen and oxygen atoms in total. The molecule has 0 amide bonds. The highest BCUT2D eigenvalue weighted by Crippen LogP contribution is 2.36. The van der Waals surface area contributed by atoms with Crippen molar-refractivity contribution in [1.29, 1.82) is 0 Å². The molecule has 2 aliphatic heterocycles. The fraction of sp³-hybridized carbons (Fsp3) is 0.409. The van der Waals surface area contributed by atoms with E-state index in [1.54, 1.807) is 25.2 Å². The Morgan fingerprint density at radius 1 is 1.30 bits per heavy atom. The fourth-order valence-electron chi connectivity index (χ4n) is 3.88. The second kappa shape index (κ2) is 8.99. The Balaban J connectivity index is 1.62. The van der Waals surface area contributed by atoms with E-state index >= 15 is 0 Å². The zero-order valence-corrected chi connectivity index (χ0v) is 18.0. The highest BCUT2D eigenvalue weighted by atomic mass is 19.4. The number of benzene rings is 2. The van der Waals surface area contributed by atoms with Gasteiger partial charge >= 0.3 is 6.18 Å². The maximum Gasteiger partial charge on any atom is 0.416 e. The Morgan fingerprint density at radius 2 is 2.09 bits per heavy atom. The van der Waals surface area contributed by atoms with E-state index in [4.69, 9.17) is 9.47 Å². The van der Waals surface area contributed by atoms with E-state index < -0.39 is 34.6 Å². The van der Waals surface area contributed by atoms with Crippen LogP contribution in [0.15, 0.2) is 41.5 Å². The zero-order chi connectivity index (χ0) is 23.8. The predicted molar refractivity (Wildman–Crippen MR) is 114 cm³/mol. The number of nitro groups is 1. The zero-order valence-electron chi connectivity index (χ0n) is 18.0. The highest BCUT2D eigenvalue weighted by molar-refractivity contribution is 5.83. The van der Waals surface area contributed by atoms with Crippen LogP contribution in [0.5, 0.6) is 5.75 Å². The normalized spacial score (nSPS) is 21.1. The number of hydrazone groups is 1. The molecule has 2 aromatic rings. The van der Waals surface area contributed by atoms with Gasteiger partial charge in [-0.25, -0.2) is 0 Å². The van der Waals surface area contributed by atoms with Crippen LogP contribution in [0.3, 0.4) is 0 Å². The van der Waals surface area contributed by atoms with E-state index in [0.29, 0.717) is 25.0 Å². The molecule has 0 aromatic heterocycles. The van der Waals surface area contributed by atoms with Crippen LogP contribution in [0.2, 0.25) is 0 Å². The number of nitro benzene ring substituents is 1. The van der Waals surface area contributed by atoms with Crippen molar-refractivity contribution in [2.75, 3.05) is 20.3 Å². The third kappa shape index (κ3) is 5.09. The topological polar surface area (TPSA) is 89.2 Å². The molecule has 4 rings (SSSR count). The summed E-state index contributed by atoms with van der Waals surface area (Å²) in [6, 6.07) is 7.55. The maximum atomic E-state index is 13.3. The first kappa shape index (κ1) is 23.0. The Bertz CT molecular complexity index is 1070. The number of non-ortho nitro benzene ring substituents is 1. The van der Waals surface area contributed by atoms with Gasteiger partial charge in [-0.1, -0.05) is 0 Å². The van der Waals surface area contributed by atoms with Gasteiger partial charge in [0.05, 0.1) is 29.9 Å². The summed E-state index contributed by atoms with van der Waals surface area (Å²) in [5.41, 5.74) is 0.139. The van der Waals surface area contributed by atoms with Crippen LogP contribution in [-0.4, -0.2) is 42.5 Å². The Kier molecular flexibility index (Phi) is 6.26. The lowest BCUT2D eigenvalue weighted by Gasteiger charge is -2.34. The van der Waals surface area contributed by atoms with Gasteiger partial charge in [-0.2, -0.15) is 18.3 Å². The number of nitrogens with zero attached hydrogens (tertiary/aromatic N) is 3. The minimum atomic E-state index is -4.70. The predicted octanol–water partition coefficient (Wildman–Crippen LogP) is 4.41. The lowest BCUT2D eigenvalue weighted by atomic mass is 10.00. The van der Waals surface area contributed by atoms with Gasteiger partial charge in [0.1, 0.15) is 18.0 Å². The number of alkyl halides is 3. The molecule has 1 unspecified atom stereocenters. The van der Waals surface area contributed by atoms with Crippen molar-refractivity contribution in [3.63, 3.8) is 0 Å². The number of ether oxygens (including phenoxy) is 2. The van der Waals surface area contributed by atoms with Crippen molar-refractivity contribution >= 4 is 11.9 Å². The van der Waals surface area contributed by atoms with E-state index in [2.05, 4.69) is 10.4 Å². The quantitative estimate of drug-likeness (QED) is 0.503. The van der Waals surface area contributed by atoms with Gasteiger partial charge in [0.25, 0.3) is 5.69 Å². The maximum absolute atomic E-state index is 13.3. The third-order valence-electron chi connectivity index (χ3n) is 5.68. The summed E-state index contributed by atoms with van der Waals surface area (Å²) in [6.07, 6.45) is -2.73. The van der Waals surface area contributed by atoms with Crippen molar-refractivity contribution < 1.29 is 27.6 Å². The van der Waals surface area contributed by atoms with Gasteiger partial charge in [0.2, 0.25) is 0 Å². The summed E-state index contributed by atoms with van der Waals surface area (Å²) in [5.74, 6) is 0.655. The van der Waals surface area contributed by atoms with Crippen molar-refractivity contribution in [3.05, 3.63) is 68.8 Å². The van der Waals surface area contributed by atoms with E-state index in [1.165, 1.54) is 0 Å². The number of fused-ring (bicyclic) bond motifs is 1. The SMILES string of the molecule is C[C@@H](NC1c2cc(O[C@H]3CCOC3)ccc2C=NN1C)c1cc([N+](=O)[O-])cc(C(F)(F)F)c1. The van der Waals surface area contributed by atoms with E-state index in [1.807, 2.05) is 18.2 Å². The number of rotatable bonds is 6. The average molecular weight is 464 g/mol. The van der Waals surface area contributed by atoms with Crippen LogP contribution in [0.1, 0.15) is 47.8 Å². The second-order valence-electron chi connectivity index (χ2n) is 8.07. The standard InChI is InChI=1S/C22H23F3N4O4/c1-13(15-7-16(22(23,24)25)9-17(8-15)29(30)31)27-21-20-10-18(33-19-5-6-32-12-19)4-3-14(20)11-26-28(21)2/h3-4,7-11,13,19,21,27H,5-6,12H2,1-2H3/t13-,19+,21?/m1/s1. The first-order valence-electron chi connectivity index (χ1n) is 10.4. The van der Waals surface area contributed by atoms with Gasteiger partial charge in [-0.05, 0) is 36.8 Å². The van der Waals surface area contributed by atoms with Crippen LogP contribution in [0.4, 0.5) is 18.9 Å². The van der Waals surface area contributed by atoms with Crippen LogP contribution in [0.25, 0.3) is 0 Å². The Morgan fingerprint density at radius 3 is 2.76 bits per heavy atom. The molecule has 2 aromatic carbocycles. The van der Waals surface area contributed by atoms with Crippen molar-refractivity contribution in [2.24, 2.45) is 5.10 Å². The molecule has 0 radical (unpaired) electrons. The van der Waals surface area contributed by atoms with Crippen LogP contribution in [0, 0.1) is 10.1 Å². The minimum absolute atomic E-state index is 0.0333. The van der Waals surface area contributed by atoms with E-state index in [-0.39, 0.29) is 11.7 Å². The lowest BCUT2D eigenvalue weighted by Crippen LogP contribution is -2.37. The van der Waals surface area contributed by atoms with Crippen LogP contribution >= 0.6 is 0 Å². The average Bonchev–Trinajstić information content (AvgIpc) is 3.27. The Labute approximate surface area is 188 Å². The number of hydrogen-bond donors (Lipinski definition) is 1. The summed E-state index contributed by atoms with van der Waals surface area (Å²) >= 11 is 0. The molecule has 2 aliphatic rings. The molecule has 0 aliphatic carbocycles. The fourth-order valence-corrected chi connectivity index (χ4v) is 3.88. The molecule has 0 spiro atoms. The number of halogens is 3. The van der Waals surface area contributed by atoms with Gasteiger partial charge in [-0.3, -0.25) is 20.4 Å². The molecule has 33 heavy (non-hydrogen) atoms. The second-order valence-corrected chi connectivity index (χ2v) is 8.07. The van der Waals surface area contributed by atoms with Gasteiger partial charge in [0.15, 0.2) is 0 Å². The van der Waals surface area contributed by atoms with E-state index in [9.17, 15) is 23.3 Å². The van der Waals surface area contributed by atoms with Crippen LogP contribution < -0.4 is 10.1 Å². The summed E-state index contributed by atoms with van der Waals surface area (Å²) in [5, 5.41) is 20.4. The van der Waals surface area contributed by atoms with Gasteiger partial charge < -0.3 is 9.47 Å². The number of nitrogens with one attached hydrogen (secondary N) is 1. The first-order valence-corrected chi connectivity index (χ1v) is 10.4. The molecule has 3 atom stereocenters. The molecule has 2 heterocycles. The van der Waals surface area contributed by atoms with Crippen LogP contribution in [-0.2, 0) is 10.9 Å². The summed E-state index contributed by atoms with van der Waals surface area (Å²) in [7, 11) is 1.73. The molecule has 0 bridgehead atoms. The van der Waals surface area contributed by atoms with Crippen molar-refractivity contribution in [2.45, 2.75) is 37.8 Å². The minimum Gasteiger partial charge on any atom is -0.488 e. The van der Waals surface area contributed by atoms with Gasteiger partial charge in [0, 0.05) is 42.8 Å². The monoisotopic (exact) mass is 464 g/mol. The smallest absolute Gasteiger partial charge is 0.416 e. The molecule has 1 N–H and O–H groups in total. The molecule has 1 saturated heterocycles. The molecule has 11 heteroatoms. The Hall–Kier alpha value is -3.18. The largest absolute Gasteiger partial charge is 0.488 e. The summed E-state index contributed by atoms with van der Waals surface area (Å²) in [4.78, 5) is 10.4. The third-order valence-corrected chi connectivity index (χ3v) is 5.68. The first-order chi connectivity index (χ1) is 15.6. The van der Waals surface area contributed by atoms with Gasteiger partial charge in [-0.15, -0.1) is 0 Å². The molecule has 0 saturated carbocycles. The van der Waals surface area contributed by atoms with Crippen molar-refractivity contribution in [3.8, 4) is 5.75 Å². The molecular formula is C22H23F3N4O4. The number of hydrogen-bond acceptors (Lipinski definition) is 7. The molecule has 176 valence electrons. The van der Waals surface area contributed by atoms with Crippen molar-refractivity contribution in [1.82, 2.24) is 10.3 Å².